The Labute approximate surface area is 167 Å². The fraction of sp³-hybridized carbons (Fsp3) is 0.750. The summed E-state index contributed by atoms with van der Waals surface area (Å²) in [5, 5.41) is 14.6. The number of hydrogen-bond donors (Lipinski definition) is 2. The zero-order valence-electron chi connectivity index (χ0n) is 18.1. The van der Waals surface area contributed by atoms with Gasteiger partial charge in [0.25, 0.3) is 0 Å². The van der Waals surface area contributed by atoms with Crippen LogP contribution in [0.25, 0.3) is 0 Å². The number of benzene rings is 1. The van der Waals surface area contributed by atoms with Crippen LogP contribution in [0.15, 0.2) is 24.3 Å². The van der Waals surface area contributed by atoms with E-state index < -0.39 is 5.60 Å². The third kappa shape index (κ3) is 11.4. The van der Waals surface area contributed by atoms with E-state index in [1.54, 1.807) is 7.11 Å². The monoisotopic (exact) mass is 377 g/mol. The predicted molar refractivity (Wildman–Crippen MR) is 117 cm³/mol. The molecule has 0 heterocycles. The molecule has 3 heteroatoms. The largest absolute Gasteiger partial charge is 0.497 e. The fourth-order valence-corrected chi connectivity index (χ4v) is 3.66. The minimum atomic E-state index is -0.435. The van der Waals surface area contributed by atoms with Crippen LogP contribution in [-0.4, -0.2) is 30.9 Å². The summed E-state index contributed by atoms with van der Waals surface area (Å²) in [7, 11) is 1.70. The lowest BCUT2D eigenvalue weighted by Gasteiger charge is -2.28. The molecule has 0 spiro atoms. The lowest BCUT2D eigenvalue weighted by Crippen LogP contribution is -2.30. The molecule has 1 aromatic carbocycles. The summed E-state index contributed by atoms with van der Waals surface area (Å²) in [5.74, 6) is 0.919. The van der Waals surface area contributed by atoms with Crippen molar-refractivity contribution < 1.29 is 9.84 Å². The van der Waals surface area contributed by atoms with E-state index in [2.05, 4.69) is 31.3 Å². The molecular formula is C24H43NO2. The summed E-state index contributed by atoms with van der Waals surface area (Å²) < 4.78 is 5.20. The molecule has 3 nitrogen and oxygen atoms in total. The lowest BCUT2D eigenvalue weighted by molar-refractivity contribution is 0.00795. The van der Waals surface area contributed by atoms with Crippen LogP contribution in [0.3, 0.4) is 0 Å². The van der Waals surface area contributed by atoms with Crippen molar-refractivity contribution in [1.29, 1.82) is 0 Å². The maximum Gasteiger partial charge on any atom is 0.118 e. The van der Waals surface area contributed by atoms with E-state index in [1.165, 1.54) is 31.2 Å². The van der Waals surface area contributed by atoms with Gasteiger partial charge in [-0.3, -0.25) is 0 Å². The molecule has 0 radical (unpaired) electrons. The smallest absolute Gasteiger partial charge is 0.118 e. The molecular weight excluding hydrogens is 334 g/mol. The zero-order valence-corrected chi connectivity index (χ0v) is 18.1. The molecule has 0 saturated carbocycles. The van der Waals surface area contributed by atoms with E-state index in [9.17, 15) is 5.11 Å². The zero-order chi connectivity index (χ0) is 19.8. The van der Waals surface area contributed by atoms with Gasteiger partial charge >= 0.3 is 0 Å². The molecule has 0 fully saturated rings. The van der Waals surface area contributed by atoms with Crippen molar-refractivity contribution in [3.8, 4) is 5.75 Å². The molecule has 27 heavy (non-hydrogen) atoms. The Morgan fingerprint density at radius 3 is 1.93 bits per heavy atom. The predicted octanol–water partition coefficient (Wildman–Crippen LogP) is 5.89. The number of nitrogens with one attached hydrogen (secondary N) is 1. The molecule has 0 aromatic heterocycles. The number of ether oxygens (including phenoxy) is 1. The lowest BCUT2D eigenvalue weighted by atomic mass is 9.86. The number of unbranched alkanes of at least 4 members (excludes halogenated alkanes) is 4. The SMILES string of the molecule is CCCCCC(O)(CCCCC)CCCNCCCc1ccc(OC)cc1. The summed E-state index contributed by atoms with van der Waals surface area (Å²) in [6.07, 6.45) is 13.4. The first-order valence-electron chi connectivity index (χ1n) is 11.2. The number of aliphatic hydroxyl groups is 1. The van der Waals surface area contributed by atoms with E-state index in [0.29, 0.717) is 0 Å². The van der Waals surface area contributed by atoms with Gasteiger partial charge in [-0.2, -0.15) is 0 Å². The molecule has 0 aliphatic rings. The molecule has 1 aromatic rings. The number of methoxy groups -OCH3 is 1. The van der Waals surface area contributed by atoms with Crippen LogP contribution in [0, 0.1) is 0 Å². The molecule has 0 aliphatic carbocycles. The van der Waals surface area contributed by atoms with Crippen LogP contribution in [0.2, 0.25) is 0 Å². The summed E-state index contributed by atoms with van der Waals surface area (Å²) in [6.45, 7) is 6.50. The molecule has 1 rings (SSSR count). The van der Waals surface area contributed by atoms with Crippen molar-refractivity contribution in [3.63, 3.8) is 0 Å². The summed E-state index contributed by atoms with van der Waals surface area (Å²) in [6, 6.07) is 8.35. The third-order valence-electron chi connectivity index (χ3n) is 5.47. The van der Waals surface area contributed by atoms with Crippen molar-refractivity contribution in [1.82, 2.24) is 5.32 Å². The van der Waals surface area contributed by atoms with Crippen molar-refractivity contribution in [2.45, 2.75) is 96.5 Å². The third-order valence-corrected chi connectivity index (χ3v) is 5.47. The number of aryl methyl sites for hydroxylation is 1. The Hall–Kier alpha value is -1.06. The van der Waals surface area contributed by atoms with E-state index in [0.717, 1.165) is 70.2 Å². The number of hydrogen-bond acceptors (Lipinski definition) is 3. The minimum absolute atomic E-state index is 0.435. The average molecular weight is 378 g/mol. The van der Waals surface area contributed by atoms with Gasteiger partial charge in [-0.1, -0.05) is 64.5 Å². The molecule has 2 N–H and O–H groups in total. The molecule has 0 amide bonds. The van der Waals surface area contributed by atoms with Crippen LogP contribution in [0.4, 0.5) is 0 Å². The van der Waals surface area contributed by atoms with Crippen LogP contribution >= 0.6 is 0 Å². The second-order valence-corrected chi connectivity index (χ2v) is 7.94. The molecule has 0 saturated heterocycles. The fourth-order valence-electron chi connectivity index (χ4n) is 3.66. The minimum Gasteiger partial charge on any atom is -0.497 e. The first-order chi connectivity index (χ1) is 13.1. The van der Waals surface area contributed by atoms with Gasteiger partial charge in [0.15, 0.2) is 0 Å². The maximum absolute atomic E-state index is 11.0. The van der Waals surface area contributed by atoms with Crippen molar-refractivity contribution >= 4 is 0 Å². The Balaban J connectivity index is 2.17. The van der Waals surface area contributed by atoms with E-state index >= 15 is 0 Å². The quantitative estimate of drug-likeness (QED) is 0.333. The van der Waals surface area contributed by atoms with Crippen LogP contribution in [0.1, 0.15) is 90.0 Å². The highest BCUT2D eigenvalue weighted by Crippen LogP contribution is 2.27. The van der Waals surface area contributed by atoms with Gasteiger partial charge in [0.2, 0.25) is 0 Å². The molecule has 0 unspecified atom stereocenters. The van der Waals surface area contributed by atoms with Crippen LogP contribution in [0.5, 0.6) is 5.75 Å². The van der Waals surface area contributed by atoms with Gasteiger partial charge in [0.1, 0.15) is 5.75 Å². The van der Waals surface area contributed by atoms with Gasteiger partial charge in [0.05, 0.1) is 12.7 Å². The highest BCUT2D eigenvalue weighted by molar-refractivity contribution is 5.27. The van der Waals surface area contributed by atoms with Gasteiger partial charge in [-0.25, -0.2) is 0 Å². The molecule has 0 atom stereocenters. The maximum atomic E-state index is 11.0. The van der Waals surface area contributed by atoms with Gasteiger partial charge in [0, 0.05) is 0 Å². The summed E-state index contributed by atoms with van der Waals surface area (Å²) >= 11 is 0. The van der Waals surface area contributed by atoms with Crippen molar-refractivity contribution in [2.24, 2.45) is 0 Å². The van der Waals surface area contributed by atoms with Crippen molar-refractivity contribution in [3.05, 3.63) is 29.8 Å². The van der Waals surface area contributed by atoms with E-state index in [1.807, 2.05) is 12.1 Å². The Bertz CT molecular complexity index is 448. The standard InChI is InChI=1S/C24H43NO2/c1-4-6-8-17-24(26,18-9-7-5-2)19-11-21-25-20-10-12-22-13-15-23(27-3)16-14-22/h13-16,25-26H,4-12,17-21H2,1-3H3. The molecule has 0 bridgehead atoms. The van der Waals surface area contributed by atoms with Gasteiger partial charge in [-0.15, -0.1) is 0 Å². The normalized spacial score (nSPS) is 11.7. The highest BCUT2D eigenvalue weighted by Gasteiger charge is 2.24. The first-order valence-corrected chi connectivity index (χ1v) is 11.2. The Morgan fingerprint density at radius 1 is 0.815 bits per heavy atom. The second kappa shape index (κ2) is 14.9. The van der Waals surface area contributed by atoms with E-state index in [4.69, 9.17) is 4.74 Å². The highest BCUT2D eigenvalue weighted by atomic mass is 16.5. The average Bonchev–Trinajstić information content (AvgIpc) is 2.68. The molecule has 156 valence electrons. The van der Waals surface area contributed by atoms with Gasteiger partial charge in [-0.05, 0) is 69.3 Å². The number of rotatable bonds is 17. The van der Waals surface area contributed by atoms with Crippen LogP contribution < -0.4 is 10.1 Å². The summed E-state index contributed by atoms with van der Waals surface area (Å²) in [5.41, 5.74) is 0.925. The molecule has 0 aliphatic heterocycles. The van der Waals surface area contributed by atoms with Crippen molar-refractivity contribution in [2.75, 3.05) is 20.2 Å². The second-order valence-electron chi connectivity index (χ2n) is 7.94. The Kier molecular flexibility index (Phi) is 13.3. The topological polar surface area (TPSA) is 41.5 Å². The van der Waals surface area contributed by atoms with Gasteiger partial charge < -0.3 is 15.2 Å². The van der Waals surface area contributed by atoms with Crippen LogP contribution in [-0.2, 0) is 6.42 Å². The summed E-state index contributed by atoms with van der Waals surface area (Å²) in [4.78, 5) is 0. The van der Waals surface area contributed by atoms with E-state index in [-0.39, 0.29) is 0 Å². The Morgan fingerprint density at radius 2 is 1.37 bits per heavy atom. The first kappa shape index (κ1) is 24.0.